The summed E-state index contributed by atoms with van der Waals surface area (Å²) in [7, 11) is 0. The average Bonchev–Trinajstić information content (AvgIpc) is 2.53. The summed E-state index contributed by atoms with van der Waals surface area (Å²) in [5.74, 6) is 0.204. The Morgan fingerprint density at radius 2 is 2.38 bits per heavy atom. The van der Waals surface area contributed by atoms with Gasteiger partial charge >= 0.3 is 0 Å². The number of carbonyl (C=O) groups is 1. The van der Waals surface area contributed by atoms with Crippen molar-refractivity contribution in [3.8, 4) is 0 Å². The molecule has 0 saturated heterocycles. The van der Waals surface area contributed by atoms with Crippen LogP contribution in [0.5, 0.6) is 0 Å². The standard InChI is InChI=1S/C10H15NOS/c1-3-8(6-11)9(12)10-7(2)4-5-13-10/h4-5,8H,3,6,11H2,1-2H3. The maximum Gasteiger partial charge on any atom is 0.177 e. The van der Waals surface area contributed by atoms with Crippen LogP contribution in [0.2, 0.25) is 0 Å². The summed E-state index contributed by atoms with van der Waals surface area (Å²) in [6, 6.07) is 1.97. The summed E-state index contributed by atoms with van der Waals surface area (Å²) in [4.78, 5) is 12.7. The Morgan fingerprint density at radius 1 is 1.69 bits per heavy atom. The Hall–Kier alpha value is -0.670. The number of aryl methyl sites for hydroxylation is 1. The molecule has 0 aromatic carbocycles. The van der Waals surface area contributed by atoms with Crippen molar-refractivity contribution in [1.29, 1.82) is 0 Å². The quantitative estimate of drug-likeness (QED) is 0.752. The first-order valence-electron chi connectivity index (χ1n) is 4.49. The zero-order valence-corrected chi connectivity index (χ0v) is 8.86. The molecule has 0 aliphatic heterocycles. The summed E-state index contributed by atoms with van der Waals surface area (Å²) < 4.78 is 0. The first kappa shape index (κ1) is 10.4. The molecule has 2 N–H and O–H groups in total. The molecule has 1 unspecified atom stereocenters. The third-order valence-electron chi connectivity index (χ3n) is 2.23. The van der Waals surface area contributed by atoms with E-state index in [-0.39, 0.29) is 11.7 Å². The van der Waals surface area contributed by atoms with Gasteiger partial charge in [-0.3, -0.25) is 4.79 Å². The Balaban J connectivity index is 2.84. The molecule has 1 aromatic rings. The highest BCUT2D eigenvalue weighted by Crippen LogP contribution is 2.20. The van der Waals surface area contributed by atoms with Gasteiger partial charge in [0, 0.05) is 12.5 Å². The lowest BCUT2D eigenvalue weighted by Gasteiger charge is -2.09. The van der Waals surface area contributed by atoms with Gasteiger partial charge in [0.1, 0.15) is 0 Å². The molecule has 0 aliphatic carbocycles. The van der Waals surface area contributed by atoms with Crippen LogP contribution < -0.4 is 5.73 Å². The zero-order valence-electron chi connectivity index (χ0n) is 8.04. The average molecular weight is 197 g/mol. The molecule has 0 bridgehead atoms. The molecule has 0 fully saturated rings. The molecule has 1 atom stereocenters. The molecule has 72 valence electrons. The second-order valence-corrected chi connectivity index (χ2v) is 4.05. The minimum atomic E-state index is -0.00245. The van der Waals surface area contributed by atoms with Gasteiger partial charge in [-0.05, 0) is 30.4 Å². The Kier molecular flexibility index (Phi) is 3.63. The van der Waals surface area contributed by atoms with Crippen LogP contribution in [0, 0.1) is 12.8 Å². The first-order valence-corrected chi connectivity index (χ1v) is 5.37. The molecule has 0 radical (unpaired) electrons. The third-order valence-corrected chi connectivity index (χ3v) is 3.27. The van der Waals surface area contributed by atoms with Crippen LogP contribution in [0.1, 0.15) is 28.6 Å². The lowest BCUT2D eigenvalue weighted by molar-refractivity contribution is 0.0925. The Labute approximate surface area is 82.8 Å². The van der Waals surface area contributed by atoms with Gasteiger partial charge in [-0.1, -0.05) is 6.92 Å². The Bertz CT molecular complexity index is 289. The van der Waals surface area contributed by atoms with E-state index in [2.05, 4.69) is 0 Å². The molecule has 1 heterocycles. The zero-order chi connectivity index (χ0) is 9.84. The molecule has 3 heteroatoms. The molecule has 13 heavy (non-hydrogen) atoms. The van der Waals surface area contributed by atoms with Gasteiger partial charge in [-0.2, -0.15) is 0 Å². The van der Waals surface area contributed by atoms with Crippen molar-refractivity contribution in [2.75, 3.05) is 6.54 Å². The minimum Gasteiger partial charge on any atom is -0.330 e. The smallest absolute Gasteiger partial charge is 0.177 e. The summed E-state index contributed by atoms with van der Waals surface area (Å²) in [5, 5.41) is 1.95. The van der Waals surface area contributed by atoms with E-state index < -0.39 is 0 Å². The number of rotatable bonds is 4. The molecule has 0 spiro atoms. The van der Waals surface area contributed by atoms with Gasteiger partial charge in [0.2, 0.25) is 0 Å². The highest BCUT2D eigenvalue weighted by atomic mass is 32.1. The maximum atomic E-state index is 11.8. The third kappa shape index (κ3) is 2.17. The van der Waals surface area contributed by atoms with Crippen molar-refractivity contribution in [2.24, 2.45) is 11.7 Å². The van der Waals surface area contributed by atoms with E-state index in [0.717, 1.165) is 16.9 Å². The van der Waals surface area contributed by atoms with Crippen LogP contribution >= 0.6 is 11.3 Å². The van der Waals surface area contributed by atoms with Gasteiger partial charge < -0.3 is 5.73 Å². The van der Waals surface area contributed by atoms with Crippen molar-refractivity contribution in [1.82, 2.24) is 0 Å². The fourth-order valence-electron chi connectivity index (χ4n) is 1.27. The first-order chi connectivity index (χ1) is 6.20. The van der Waals surface area contributed by atoms with E-state index >= 15 is 0 Å². The van der Waals surface area contributed by atoms with E-state index in [4.69, 9.17) is 5.73 Å². The maximum absolute atomic E-state index is 11.8. The highest BCUT2D eigenvalue weighted by molar-refractivity contribution is 7.12. The SMILES string of the molecule is CCC(CN)C(=O)c1sccc1C. The van der Waals surface area contributed by atoms with Crippen LogP contribution in [-0.4, -0.2) is 12.3 Å². The number of hydrogen-bond donors (Lipinski definition) is 1. The van der Waals surface area contributed by atoms with Gasteiger partial charge in [0.05, 0.1) is 4.88 Å². The number of Topliss-reactive ketones (excluding diaryl/α,β-unsaturated/α-hetero) is 1. The van der Waals surface area contributed by atoms with Crippen LogP contribution in [0.25, 0.3) is 0 Å². The fraction of sp³-hybridized carbons (Fsp3) is 0.500. The topological polar surface area (TPSA) is 43.1 Å². The van der Waals surface area contributed by atoms with Crippen LogP contribution in [-0.2, 0) is 0 Å². The van der Waals surface area contributed by atoms with Gasteiger partial charge in [-0.25, -0.2) is 0 Å². The number of ketones is 1. The van der Waals surface area contributed by atoms with Crippen molar-refractivity contribution < 1.29 is 4.79 Å². The molecule has 2 nitrogen and oxygen atoms in total. The molecule has 0 aliphatic rings. The lowest BCUT2D eigenvalue weighted by atomic mass is 9.99. The number of nitrogens with two attached hydrogens (primary N) is 1. The summed E-state index contributed by atoms with van der Waals surface area (Å²) in [5.41, 5.74) is 6.60. The summed E-state index contributed by atoms with van der Waals surface area (Å²) in [6.45, 7) is 4.41. The highest BCUT2D eigenvalue weighted by Gasteiger charge is 2.18. The number of hydrogen-bond acceptors (Lipinski definition) is 3. The van der Waals surface area contributed by atoms with Crippen molar-refractivity contribution in [3.63, 3.8) is 0 Å². The lowest BCUT2D eigenvalue weighted by Crippen LogP contribution is -2.22. The van der Waals surface area contributed by atoms with Gasteiger partial charge in [0.15, 0.2) is 5.78 Å². The minimum absolute atomic E-state index is 0.00245. The van der Waals surface area contributed by atoms with Crippen molar-refractivity contribution in [2.45, 2.75) is 20.3 Å². The van der Waals surface area contributed by atoms with E-state index in [1.165, 1.54) is 11.3 Å². The fourth-order valence-corrected chi connectivity index (χ4v) is 2.21. The van der Waals surface area contributed by atoms with E-state index in [1.807, 2.05) is 25.3 Å². The van der Waals surface area contributed by atoms with E-state index in [1.54, 1.807) is 0 Å². The normalized spacial score (nSPS) is 12.8. The second-order valence-electron chi connectivity index (χ2n) is 3.14. The van der Waals surface area contributed by atoms with Gasteiger partial charge in [0.25, 0.3) is 0 Å². The van der Waals surface area contributed by atoms with Gasteiger partial charge in [-0.15, -0.1) is 11.3 Å². The number of carbonyl (C=O) groups excluding carboxylic acids is 1. The van der Waals surface area contributed by atoms with Crippen LogP contribution in [0.4, 0.5) is 0 Å². The second kappa shape index (κ2) is 4.53. The molecular formula is C10H15NOS. The van der Waals surface area contributed by atoms with Crippen LogP contribution in [0.15, 0.2) is 11.4 Å². The molecule has 0 saturated carbocycles. The number of thiophene rings is 1. The Morgan fingerprint density at radius 3 is 2.77 bits per heavy atom. The summed E-state index contributed by atoms with van der Waals surface area (Å²) in [6.07, 6.45) is 0.826. The predicted octanol–water partition coefficient (Wildman–Crippen LogP) is 2.22. The molecule has 1 aromatic heterocycles. The predicted molar refractivity (Wildman–Crippen MR) is 56.2 cm³/mol. The molecule has 0 amide bonds. The van der Waals surface area contributed by atoms with E-state index in [0.29, 0.717) is 6.54 Å². The van der Waals surface area contributed by atoms with Crippen molar-refractivity contribution >= 4 is 17.1 Å². The molecule has 1 rings (SSSR count). The van der Waals surface area contributed by atoms with Crippen molar-refractivity contribution in [3.05, 3.63) is 21.9 Å². The van der Waals surface area contributed by atoms with Crippen LogP contribution in [0.3, 0.4) is 0 Å². The summed E-state index contributed by atoms with van der Waals surface area (Å²) >= 11 is 1.51. The largest absolute Gasteiger partial charge is 0.330 e. The monoisotopic (exact) mass is 197 g/mol. The van der Waals surface area contributed by atoms with E-state index in [9.17, 15) is 4.79 Å². The molecular weight excluding hydrogens is 182 g/mol.